The Hall–Kier alpha value is -0.480. The summed E-state index contributed by atoms with van der Waals surface area (Å²) in [7, 11) is 0. The third kappa shape index (κ3) is 4.15. The molecule has 0 amide bonds. The molecule has 14 heavy (non-hydrogen) atoms. The van der Waals surface area contributed by atoms with Gasteiger partial charge < -0.3 is 5.32 Å². The molecule has 1 heterocycles. The molecule has 0 fully saturated rings. The molecule has 0 radical (unpaired) electrons. The molecule has 1 N–H and O–H groups in total. The lowest BCUT2D eigenvalue weighted by atomic mass is 10.4. The van der Waals surface area contributed by atoms with Crippen molar-refractivity contribution in [1.29, 1.82) is 0 Å². The smallest absolute Gasteiger partial charge is 0.118 e. The van der Waals surface area contributed by atoms with Crippen LogP contribution in [0.3, 0.4) is 0 Å². The number of hydrogen-bond acceptors (Lipinski definition) is 4. The summed E-state index contributed by atoms with van der Waals surface area (Å²) in [5, 5.41) is 14.0. The molecule has 0 aliphatic carbocycles. The molecule has 0 aliphatic heterocycles. The minimum absolute atomic E-state index is 1.02. The Balaban J connectivity index is 2.22. The molecule has 0 spiro atoms. The highest BCUT2D eigenvalue weighted by Gasteiger charge is 2.02. The Morgan fingerprint density at radius 3 is 2.36 bits per heavy atom. The van der Waals surface area contributed by atoms with Gasteiger partial charge in [0.1, 0.15) is 10.0 Å². The third-order valence-electron chi connectivity index (χ3n) is 1.91. The molecule has 1 rings (SSSR count). The molecular weight excluding hydrogens is 194 g/mol. The second-order valence-corrected chi connectivity index (χ2v) is 4.49. The van der Waals surface area contributed by atoms with Gasteiger partial charge in [0.2, 0.25) is 0 Å². The van der Waals surface area contributed by atoms with Gasteiger partial charge in [0, 0.05) is 19.4 Å². The standard InChI is InChI=1S/C10H19N3S/c1-3-5-9-12-13-10(14-9)6-8-11-7-4-2/h11H,3-8H2,1-2H3. The van der Waals surface area contributed by atoms with Crippen LogP contribution in [0.1, 0.15) is 36.7 Å². The predicted molar refractivity (Wildman–Crippen MR) is 60.8 cm³/mol. The average Bonchev–Trinajstić information content (AvgIpc) is 2.61. The monoisotopic (exact) mass is 213 g/mol. The van der Waals surface area contributed by atoms with E-state index in [1.165, 1.54) is 11.4 Å². The number of nitrogens with zero attached hydrogens (tertiary/aromatic N) is 2. The predicted octanol–water partition coefficient (Wildman–Crippen LogP) is 2.03. The summed E-state index contributed by atoms with van der Waals surface area (Å²) >= 11 is 1.75. The second kappa shape index (κ2) is 6.90. The van der Waals surface area contributed by atoms with Crippen LogP contribution < -0.4 is 5.32 Å². The second-order valence-electron chi connectivity index (χ2n) is 3.34. The van der Waals surface area contributed by atoms with Crippen molar-refractivity contribution in [2.24, 2.45) is 0 Å². The average molecular weight is 213 g/mol. The van der Waals surface area contributed by atoms with Crippen LogP contribution in [0.25, 0.3) is 0 Å². The zero-order valence-electron chi connectivity index (χ0n) is 9.05. The Morgan fingerprint density at radius 2 is 1.71 bits per heavy atom. The van der Waals surface area contributed by atoms with Crippen molar-refractivity contribution in [1.82, 2.24) is 15.5 Å². The highest BCUT2D eigenvalue weighted by molar-refractivity contribution is 7.11. The van der Waals surface area contributed by atoms with Crippen molar-refractivity contribution in [3.05, 3.63) is 10.0 Å². The number of rotatable bonds is 7. The minimum Gasteiger partial charge on any atom is -0.316 e. The van der Waals surface area contributed by atoms with Crippen LogP contribution in [0, 0.1) is 0 Å². The highest BCUT2D eigenvalue weighted by Crippen LogP contribution is 2.11. The van der Waals surface area contributed by atoms with Crippen molar-refractivity contribution in [3.8, 4) is 0 Å². The summed E-state index contributed by atoms with van der Waals surface area (Å²) in [4.78, 5) is 0. The van der Waals surface area contributed by atoms with Gasteiger partial charge in [-0.25, -0.2) is 0 Å². The molecule has 0 bridgehead atoms. The lowest BCUT2D eigenvalue weighted by Gasteiger charge is -1.98. The van der Waals surface area contributed by atoms with E-state index in [4.69, 9.17) is 0 Å². The van der Waals surface area contributed by atoms with E-state index in [9.17, 15) is 0 Å². The lowest BCUT2D eigenvalue weighted by Crippen LogP contribution is -2.17. The van der Waals surface area contributed by atoms with Gasteiger partial charge in [-0.2, -0.15) is 0 Å². The Morgan fingerprint density at radius 1 is 1.00 bits per heavy atom. The zero-order chi connectivity index (χ0) is 10.2. The van der Waals surface area contributed by atoms with E-state index >= 15 is 0 Å². The first-order chi connectivity index (χ1) is 6.86. The van der Waals surface area contributed by atoms with E-state index in [1.54, 1.807) is 11.3 Å². The van der Waals surface area contributed by atoms with Crippen LogP contribution in [-0.2, 0) is 12.8 Å². The number of aromatic nitrogens is 2. The molecule has 4 heteroatoms. The number of nitrogens with one attached hydrogen (secondary N) is 1. The molecular formula is C10H19N3S. The van der Waals surface area contributed by atoms with Gasteiger partial charge >= 0.3 is 0 Å². The normalized spacial score (nSPS) is 10.7. The van der Waals surface area contributed by atoms with Crippen molar-refractivity contribution in [2.75, 3.05) is 13.1 Å². The Labute approximate surface area is 89.9 Å². The Bertz CT molecular complexity index is 247. The van der Waals surface area contributed by atoms with E-state index in [1.807, 2.05) is 0 Å². The Kier molecular flexibility index (Phi) is 5.71. The number of hydrogen-bond donors (Lipinski definition) is 1. The van der Waals surface area contributed by atoms with Crippen LogP contribution in [0.5, 0.6) is 0 Å². The van der Waals surface area contributed by atoms with Gasteiger partial charge in [-0.1, -0.05) is 13.8 Å². The molecule has 0 aliphatic rings. The van der Waals surface area contributed by atoms with E-state index in [-0.39, 0.29) is 0 Å². The van der Waals surface area contributed by atoms with Crippen molar-refractivity contribution in [3.63, 3.8) is 0 Å². The lowest BCUT2D eigenvalue weighted by molar-refractivity contribution is 0.667. The molecule has 1 aromatic heterocycles. The maximum absolute atomic E-state index is 4.16. The fourth-order valence-electron chi connectivity index (χ4n) is 1.20. The van der Waals surface area contributed by atoms with Gasteiger partial charge in [0.05, 0.1) is 0 Å². The molecule has 0 saturated carbocycles. The molecule has 0 atom stereocenters. The first kappa shape index (κ1) is 11.6. The molecule has 1 aromatic rings. The molecule has 3 nitrogen and oxygen atoms in total. The molecule has 0 unspecified atom stereocenters. The van der Waals surface area contributed by atoms with Crippen molar-refractivity contribution in [2.45, 2.75) is 39.5 Å². The molecule has 0 aromatic carbocycles. The summed E-state index contributed by atoms with van der Waals surface area (Å²) in [5.74, 6) is 0. The SMILES string of the molecule is CCCNCCc1nnc(CCC)s1. The summed E-state index contributed by atoms with van der Waals surface area (Å²) in [6.45, 7) is 6.47. The summed E-state index contributed by atoms with van der Waals surface area (Å²) in [6, 6.07) is 0. The quantitative estimate of drug-likeness (QED) is 0.704. The van der Waals surface area contributed by atoms with E-state index < -0.39 is 0 Å². The fourth-order valence-corrected chi connectivity index (χ4v) is 2.15. The van der Waals surface area contributed by atoms with Gasteiger partial charge in [-0.15, -0.1) is 21.5 Å². The first-order valence-corrected chi connectivity index (χ1v) is 6.20. The summed E-state index contributed by atoms with van der Waals surface area (Å²) < 4.78 is 0. The van der Waals surface area contributed by atoms with Gasteiger partial charge in [0.25, 0.3) is 0 Å². The molecule has 80 valence electrons. The fraction of sp³-hybridized carbons (Fsp3) is 0.800. The number of aryl methyl sites for hydroxylation is 1. The summed E-state index contributed by atoms with van der Waals surface area (Å²) in [5.41, 5.74) is 0. The van der Waals surface area contributed by atoms with Crippen LogP contribution in [0.4, 0.5) is 0 Å². The van der Waals surface area contributed by atoms with Gasteiger partial charge in [-0.3, -0.25) is 0 Å². The van der Waals surface area contributed by atoms with E-state index in [2.05, 4.69) is 29.4 Å². The summed E-state index contributed by atoms with van der Waals surface area (Å²) in [6.07, 6.45) is 4.43. The van der Waals surface area contributed by atoms with Crippen LogP contribution >= 0.6 is 11.3 Å². The minimum atomic E-state index is 1.02. The third-order valence-corrected chi connectivity index (χ3v) is 2.96. The maximum atomic E-state index is 4.16. The molecule has 0 saturated heterocycles. The van der Waals surface area contributed by atoms with Gasteiger partial charge in [0.15, 0.2) is 0 Å². The van der Waals surface area contributed by atoms with Crippen LogP contribution in [0.15, 0.2) is 0 Å². The van der Waals surface area contributed by atoms with Crippen LogP contribution in [0.2, 0.25) is 0 Å². The van der Waals surface area contributed by atoms with Gasteiger partial charge in [-0.05, 0) is 19.4 Å². The van der Waals surface area contributed by atoms with Crippen LogP contribution in [-0.4, -0.2) is 23.3 Å². The largest absolute Gasteiger partial charge is 0.316 e. The van der Waals surface area contributed by atoms with E-state index in [0.29, 0.717) is 0 Å². The van der Waals surface area contributed by atoms with Crippen molar-refractivity contribution < 1.29 is 0 Å². The highest BCUT2D eigenvalue weighted by atomic mass is 32.1. The first-order valence-electron chi connectivity index (χ1n) is 5.38. The van der Waals surface area contributed by atoms with E-state index in [0.717, 1.165) is 37.4 Å². The van der Waals surface area contributed by atoms with Crippen molar-refractivity contribution >= 4 is 11.3 Å². The zero-order valence-corrected chi connectivity index (χ0v) is 9.86. The maximum Gasteiger partial charge on any atom is 0.118 e. The topological polar surface area (TPSA) is 37.8 Å².